The van der Waals surface area contributed by atoms with E-state index in [4.69, 9.17) is 16.3 Å². The summed E-state index contributed by atoms with van der Waals surface area (Å²) >= 11 is 6.07. The first-order valence-electron chi connectivity index (χ1n) is 11.8. The van der Waals surface area contributed by atoms with Crippen molar-refractivity contribution in [3.8, 4) is 0 Å². The number of rotatable bonds is 10. The molecule has 0 unspecified atom stereocenters. The number of pyridine rings is 2. The van der Waals surface area contributed by atoms with E-state index in [0.29, 0.717) is 31.8 Å². The quantitative estimate of drug-likeness (QED) is 0.262. The Morgan fingerprint density at radius 1 is 0.771 bits per heavy atom. The summed E-state index contributed by atoms with van der Waals surface area (Å²) in [4.78, 5) is 13.0. The van der Waals surface area contributed by atoms with Gasteiger partial charge in [-0.05, 0) is 63.0 Å². The van der Waals surface area contributed by atoms with Crippen LogP contribution >= 0.6 is 11.6 Å². The van der Waals surface area contributed by atoms with Crippen LogP contribution in [0, 0.1) is 6.92 Å². The van der Waals surface area contributed by atoms with E-state index in [1.165, 1.54) is 5.56 Å². The van der Waals surface area contributed by atoms with Crippen LogP contribution in [0.2, 0.25) is 5.02 Å². The summed E-state index contributed by atoms with van der Waals surface area (Å²) in [6, 6.07) is 16.0. The normalized spacial score (nSPS) is 11.1. The lowest BCUT2D eigenvalue weighted by Crippen LogP contribution is -2.33. The molecule has 35 heavy (non-hydrogen) atoms. The van der Waals surface area contributed by atoms with Crippen LogP contribution in [-0.4, -0.2) is 60.7 Å². The number of halogens is 1. The predicted molar refractivity (Wildman–Crippen MR) is 148 cm³/mol. The average molecular weight is 495 g/mol. The number of nitrogens with zero attached hydrogens (tertiary/aromatic N) is 4. The van der Waals surface area contributed by atoms with E-state index in [1.807, 2.05) is 64.5 Å². The number of fused-ring (bicyclic) bond motifs is 2. The van der Waals surface area contributed by atoms with Crippen molar-refractivity contribution in [3.05, 3.63) is 71.5 Å². The van der Waals surface area contributed by atoms with Gasteiger partial charge in [-0.2, -0.15) is 0 Å². The van der Waals surface area contributed by atoms with E-state index in [2.05, 4.69) is 55.5 Å². The van der Waals surface area contributed by atoms with Gasteiger partial charge in [-0.3, -0.25) is 19.8 Å². The van der Waals surface area contributed by atoms with E-state index in [9.17, 15) is 0 Å². The average Bonchev–Trinajstić information content (AvgIpc) is 2.86. The summed E-state index contributed by atoms with van der Waals surface area (Å²) in [6.07, 6.45) is 3.62. The second-order valence-corrected chi connectivity index (χ2v) is 8.68. The highest BCUT2D eigenvalue weighted by molar-refractivity contribution is 6.31. The first-order chi connectivity index (χ1) is 17.0. The molecular weight excluding hydrogens is 460 g/mol. The van der Waals surface area contributed by atoms with Gasteiger partial charge >= 0.3 is 0 Å². The zero-order chi connectivity index (χ0) is 25.2. The second kappa shape index (κ2) is 13.2. The maximum atomic E-state index is 6.07. The number of hydrogen-bond acceptors (Lipinski definition) is 7. The molecule has 8 heteroatoms. The number of nitrogens with one attached hydrogen (secondary N) is 2. The molecule has 2 heterocycles. The van der Waals surface area contributed by atoms with Crippen molar-refractivity contribution in [1.29, 1.82) is 0 Å². The predicted octanol–water partition coefficient (Wildman–Crippen LogP) is 6.01. The molecule has 0 spiro atoms. The van der Waals surface area contributed by atoms with Crippen molar-refractivity contribution in [2.45, 2.75) is 20.8 Å². The van der Waals surface area contributed by atoms with Gasteiger partial charge in [-0.15, -0.1) is 0 Å². The third kappa shape index (κ3) is 7.50. The van der Waals surface area contributed by atoms with Gasteiger partial charge in [-0.25, -0.2) is 0 Å². The molecule has 2 N–H and O–H groups in total. The van der Waals surface area contributed by atoms with Crippen LogP contribution in [0.1, 0.15) is 19.4 Å². The molecule has 0 radical (unpaired) electrons. The van der Waals surface area contributed by atoms with Gasteiger partial charge in [0, 0.05) is 39.6 Å². The molecule has 0 aliphatic carbocycles. The van der Waals surface area contributed by atoms with Crippen LogP contribution in [0.25, 0.3) is 21.8 Å². The first kappa shape index (κ1) is 26.6. The number of benzene rings is 2. The highest BCUT2D eigenvalue weighted by Crippen LogP contribution is 2.24. The van der Waals surface area contributed by atoms with Crippen molar-refractivity contribution < 1.29 is 4.74 Å². The lowest BCUT2D eigenvalue weighted by molar-refractivity contribution is -0.00862. The molecule has 0 atom stereocenters. The molecule has 0 aliphatic heterocycles. The van der Waals surface area contributed by atoms with Crippen LogP contribution in [0.4, 0.5) is 11.4 Å². The summed E-state index contributed by atoms with van der Waals surface area (Å²) in [5.74, 6) is 0. The van der Waals surface area contributed by atoms with E-state index in [0.717, 1.165) is 33.2 Å². The maximum Gasteiger partial charge on any atom is 0.102 e. The molecule has 2 aromatic carbocycles. The van der Waals surface area contributed by atoms with Crippen LogP contribution in [0.15, 0.2) is 60.9 Å². The van der Waals surface area contributed by atoms with Gasteiger partial charge in [-0.1, -0.05) is 37.6 Å². The van der Waals surface area contributed by atoms with Crippen LogP contribution in [0.5, 0.6) is 0 Å². The molecule has 4 aromatic rings. The third-order valence-corrected chi connectivity index (χ3v) is 5.54. The number of aromatic nitrogens is 2. The minimum absolute atomic E-state index is 0.504. The fourth-order valence-corrected chi connectivity index (χ4v) is 3.74. The molecule has 7 nitrogen and oxygen atoms in total. The summed E-state index contributed by atoms with van der Waals surface area (Å²) in [7, 11) is 4.03. The fourth-order valence-electron chi connectivity index (χ4n) is 3.57. The molecule has 0 bridgehead atoms. The fraction of sp³-hybridized carbons (Fsp3) is 0.333. The van der Waals surface area contributed by atoms with E-state index < -0.39 is 0 Å². The number of anilines is 2. The molecule has 0 amide bonds. The lowest BCUT2D eigenvalue weighted by Gasteiger charge is -2.22. The smallest absolute Gasteiger partial charge is 0.102 e. The first-order valence-corrected chi connectivity index (χ1v) is 12.2. The number of ether oxygens (including phenoxy) is 1. The Morgan fingerprint density at radius 3 is 1.86 bits per heavy atom. The van der Waals surface area contributed by atoms with E-state index in [-0.39, 0.29) is 0 Å². The van der Waals surface area contributed by atoms with Gasteiger partial charge in [0.25, 0.3) is 0 Å². The highest BCUT2D eigenvalue weighted by Gasteiger charge is 2.06. The highest BCUT2D eigenvalue weighted by atomic mass is 35.5. The largest absolute Gasteiger partial charge is 0.372 e. The van der Waals surface area contributed by atoms with Crippen molar-refractivity contribution in [3.63, 3.8) is 0 Å². The topological polar surface area (TPSA) is 65.6 Å². The zero-order valence-corrected chi connectivity index (χ0v) is 21.9. The second-order valence-electron chi connectivity index (χ2n) is 8.24. The van der Waals surface area contributed by atoms with Gasteiger partial charge in [0.2, 0.25) is 0 Å². The van der Waals surface area contributed by atoms with Gasteiger partial charge in [0.1, 0.15) is 13.5 Å². The maximum absolute atomic E-state index is 6.07. The Kier molecular flexibility index (Phi) is 10.0. The Morgan fingerprint density at radius 2 is 1.29 bits per heavy atom. The molecule has 0 aliphatic rings. The number of hydrogen-bond donors (Lipinski definition) is 2. The Balaban J connectivity index is 0.00000167. The standard InChI is InChI=1S/C25H29ClN6O.C2H6/c1-18-4-6-20-22(8-10-27-24(20)12-18)29-14-31(2)16-33-17-32(3)15-30-23-9-11-28-25-13-19(26)5-7-21(23)25;1-2/h4-13H,14-17H2,1-3H3,(H,27,29)(H,28,30);1-2H3. The Hall–Kier alpha value is -2.97. The molecule has 0 fully saturated rings. The Bertz CT molecular complexity index is 1140. The van der Waals surface area contributed by atoms with Gasteiger partial charge in [0.05, 0.1) is 24.4 Å². The van der Waals surface area contributed by atoms with Gasteiger partial charge < -0.3 is 15.4 Å². The van der Waals surface area contributed by atoms with E-state index in [1.54, 1.807) is 6.20 Å². The molecule has 0 saturated heterocycles. The summed E-state index contributed by atoms with van der Waals surface area (Å²) < 4.78 is 5.87. The summed E-state index contributed by atoms with van der Waals surface area (Å²) in [5.41, 5.74) is 5.16. The molecule has 2 aromatic heterocycles. The van der Waals surface area contributed by atoms with Gasteiger partial charge in [0.15, 0.2) is 0 Å². The monoisotopic (exact) mass is 494 g/mol. The summed E-state index contributed by atoms with van der Waals surface area (Å²) in [6.45, 7) is 8.40. The molecular formula is C27H35ClN6O. The third-order valence-electron chi connectivity index (χ3n) is 5.31. The van der Waals surface area contributed by atoms with Crippen LogP contribution in [-0.2, 0) is 4.74 Å². The minimum Gasteiger partial charge on any atom is -0.372 e. The zero-order valence-electron chi connectivity index (χ0n) is 21.2. The SMILES string of the molecule is CC.Cc1ccc2c(NCN(C)COCN(C)CNc3ccnc4cc(Cl)ccc34)ccnc2c1. The lowest BCUT2D eigenvalue weighted by atomic mass is 10.1. The van der Waals surface area contributed by atoms with Crippen LogP contribution < -0.4 is 10.6 Å². The van der Waals surface area contributed by atoms with Crippen molar-refractivity contribution >= 4 is 44.8 Å². The number of aryl methyl sites for hydroxylation is 1. The van der Waals surface area contributed by atoms with Crippen molar-refractivity contribution in [2.75, 3.05) is 51.5 Å². The minimum atomic E-state index is 0.504. The molecule has 0 saturated carbocycles. The Labute approximate surface area is 213 Å². The summed E-state index contributed by atoms with van der Waals surface area (Å²) in [5, 5.41) is 9.77. The van der Waals surface area contributed by atoms with Crippen LogP contribution in [0.3, 0.4) is 0 Å². The van der Waals surface area contributed by atoms with Crippen molar-refractivity contribution in [1.82, 2.24) is 19.8 Å². The van der Waals surface area contributed by atoms with Crippen molar-refractivity contribution in [2.24, 2.45) is 0 Å². The molecule has 4 rings (SSSR count). The molecule has 186 valence electrons. The van der Waals surface area contributed by atoms with E-state index >= 15 is 0 Å².